The molecule has 1 N–H and O–H groups in total. The molecule has 38 heavy (non-hydrogen) atoms. The quantitative estimate of drug-likeness (QED) is 0.260. The van der Waals surface area contributed by atoms with E-state index in [1.165, 1.54) is 11.6 Å². The number of halogens is 1. The van der Waals surface area contributed by atoms with E-state index >= 15 is 0 Å². The van der Waals surface area contributed by atoms with Crippen LogP contribution in [0.25, 0.3) is 11.3 Å². The third-order valence-electron chi connectivity index (χ3n) is 7.34. The SMILES string of the molecule is COCCN(CCc1cccc(Nc2ncc3c(n2)-c2ccccc2C(c2ccccc2F)C3)c1)C(C)C. The molecule has 3 aromatic carbocycles. The standard InChI is InChI=1S/C32H35FN4O/c1-22(2)37(17-18-38-3)16-15-23-9-8-10-25(19-23)35-32-34-21-24-20-29(27-12-6-7-14-30(27)33)26-11-4-5-13-28(26)31(24)36-32/h4-14,19,21-22,29H,15-18,20H2,1-3H3,(H,34,35,36). The molecule has 0 bridgehead atoms. The summed E-state index contributed by atoms with van der Waals surface area (Å²) in [4.78, 5) is 12.0. The molecule has 1 aromatic heterocycles. The van der Waals surface area contributed by atoms with E-state index in [0.717, 1.165) is 54.2 Å². The summed E-state index contributed by atoms with van der Waals surface area (Å²) in [5.74, 6) is 0.322. The van der Waals surface area contributed by atoms with Crippen LogP contribution in [-0.2, 0) is 17.6 Å². The van der Waals surface area contributed by atoms with Crippen LogP contribution in [0.4, 0.5) is 16.0 Å². The zero-order valence-corrected chi connectivity index (χ0v) is 22.3. The Kier molecular flexibility index (Phi) is 8.11. The van der Waals surface area contributed by atoms with Gasteiger partial charge in [0.25, 0.3) is 0 Å². The summed E-state index contributed by atoms with van der Waals surface area (Å²) >= 11 is 0. The van der Waals surface area contributed by atoms with Crippen LogP contribution in [0, 0.1) is 5.82 Å². The van der Waals surface area contributed by atoms with E-state index in [0.29, 0.717) is 24.0 Å². The number of nitrogens with zero attached hydrogens (tertiary/aromatic N) is 3. The van der Waals surface area contributed by atoms with E-state index in [2.05, 4.69) is 59.4 Å². The molecule has 0 amide bonds. The summed E-state index contributed by atoms with van der Waals surface area (Å²) in [5, 5.41) is 3.41. The molecule has 6 heteroatoms. The van der Waals surface area contributed by atoms with Crippen LogP contribution in [0.5, 0.6) is 0 Å². The Hall–Kier alpha value is -3.61. The second-order valence-corrected chi connectivity index (χ2v) is 10.1. The molecule has 0 aliphatic heterocycles. The number of benzene rings is 3. The van der Waals surface area contributed by atoms with Gasteiger partial charge in [0.1, 0.15) is 5.82 Å². The molecule has 1 heterocycles. The lowest BCUT2D eigenvalue weighted by atomic mass is 9.78. The van der Waals surface area contributed by atoms with Crippen molar-refractivity contribution in [2.24, 2.45) is 0 Å². The van der Waals surface area contributed by atoms with Crippen molar-refractivity contribution in [3.8, 4) is 11.3 Å². The minimum Gasteiger partial charge on any atom is -0.383 e. The van der Waals surface area contributed by atoms with E-state index in [1.807, 2.05) is 36.5 Å². The van der Waals surface area contributed by atoms with Crippen molar-refractivity contribution in [3.63, 3.8) is 0 Å². The molecule has 0 spiro atoms. The Bertz CT molecular complexity index is 1390. The van der Waals surface area contributed by atoms with E-state index in [4.69, 9.17) is 9.72 Å². The van der Waals surface area contributed by atoms with Gasteiger partial charge in [-0.1, -0.05) is 54.6 Å². The zero-order valence-electron chi connectivity index (χ0n) is 22.3. The maximum atomic E-state index is 14.7. The first-order chi connectivity index (χ1) is 18.5. The van der Waals surface area contributed by atoms with Gasteiger partial charge >= 0.3 is 0 Å². The number of hydrogen-bond acceptors (Lipinski definition) is 5. The van der Waals surface area contributed by atoms with Gasteiger partial charge in [0.15, 0.2) is 0 Å². The molecule has 0 saturated carbocycles. The molecule has 1 unspecified atom stereocenters. The average Bonchev–Trinajstić information content (AvgIpc) is 2.93. The van der Waals surface area contributed by atoms with Gasteiger partial charge < -0.3 is 10.1 Å². The Balaban J connectivity index is 1.35. The van der Waals surface area contributed by atoms with Gasteiger partial charge in [-0.05, 0) is 67.1 Å². The monoisotopic (exact) mass is 510 g/mol. The summed E-state index contributed by atoms with van der Waals surface area (Å²) in [6.45, 7) is 7.07. The summed E-state index contributed by atoms with van der Waals surface area (Å²) < 4.78 is 20.0. The van der Waals surface area contributed by atoms with Crippen molar-refractivity contribution in [2.75, 3.05) is 32.1 Å². The molecule has 5 rings (SSSR count). The fourth-order valence-electron chi connectivity index (χ4n) is 5.27. The van der Waals surface area contributed by atoms with Crippen molar-refractivity contribution in [3.05, 3.63) is 107 Å². The third-order valence-corrected chi connectivity index (χ3v) is 7.34. The van der Waals surface area contributed by atoms with E-state index in [-0.39, 0.29) is 11.7 Å². The average molecular weight is 511 g/mol. The van der Waals surface area contributed by atoms with Crippen LogP contribution in [-0.4, -0.2) is 47.7 Å². The highest BCUT2D eigenvalue weighted by Crippen LogP contribution is 2.42. The normalized spacial score (nSPS) is 14.4. The van der Waals surface area contributed by atoms with Crippen molar-refractivity contribution in [2.45, 2.75) is 38.6 Å². The van der Waals surface area contributed by atoms with Crippen molar-refractivity contribution in [1.82, 2.24) is 14.9 Å². The number of anilines is 2. The third kappa shape index (κ3) is 5.77. The van der Waals surface area contributed by atoms with Gasteiger partial charge in [-0.2, -0.15) is 0 Å². The number of methoxy groups -OCH3 is 1. The van der Waals surface area contributed by atoms with Gasteiger partial charge in [-0.15, -0.1) is 0 Å². The summed E-state index contributed by atoms with van der Waals surface area (Å²) in [5.41, 5.74) is 7.00. The number of hydrogen-bond donors (Lipinski definition) is 1. The topological polar surface area (TPSA) is 50.3 Å². The van der Waals surface area contributed by atoms with Crippen LogP contribution in [0.3, 0.4) is 0 Å². The van der Waals surface area contributed by atoms with Crippen molar-refractivity contribution < 1.29 is 9.13 Å². The molecule has 0 radical (unpaired) electrons. The van der Waals surface area contributed by atoms with Gasteiger partial charge in [-0.25, -0.2) is 14.4 Å². The Morgan fingerprint density at radius 3 is 2.58 bits per heavy atom. The Morgan fingerprint density at radius 2 is 1.79 bits per heavy atom. The molecule has 1 atom stereocenters. The predicted molar refractivity (Wildman–Crippen MR) is 151 cm³/mol. The van der Waals surface area contributed by atoms with E-state index < -0.39 is 0 Å². The molecule has 0 saturated heterocycles. The highest BCUT2D eigenvalue weighted by molar-refractivity contribution is 5.73. The Labute approximate surface area is 224 Å². The van der Waals surface area contributed by atoms with Gasteiger partial charge in [-0.3, -0.25) is 4.90 Å². The zero-order chi connectivity index (χ0) is 26.5. The number of rotatable bonds is 10. The molecule has 0 fully saturated rings. The largest absolute Gasteiger partial charge is 0.383 e. The minimum atomic E-state index is -0.176. The Morgan fingerprint density at radius 1 is 1.00 bits per heavy atom. The second kappa shape index (κ2) is 11.8. The van der Waals surface area contributed by atoms with Gasteiger partial charge in [0.05, 0.1) is 12.3 Å². The molecule has 1 aliphatic carbocycles. The molecule has 5 nitrogen and oxygen atoms in total. The molecule has 4 aromatic rings. The van der Waals surface area contributed by atoms with Gasteiger partial charge in [0.2, 0.25) is 5.95 Å². The lowest BCUT2D eigenvalue weighted by Gasteiger charge is -2.27. The highest BCUT2D eigenvalue weighted by Gasteiger charge is 2.29. The van der Waals surface area contributed by atoms with Gasteiger partial charge in [0, 0.05) is 49.6 Å². The second-order valence-electron chi connectivity index (χ2n) is 10.1. The summed E-state index contributed by atoms with van der Waals surface area (Å²) in [7, 11) is 1.75. The molecular weight excluding hydrogens is 475 g/mol. The predicted octanol–water partition coefficient (Wildman–Crippen LogP) is 6.61. The van der Waals surface area contributed by atoms with Crippen LogP contribution in [0.1, 0.15) is 42.0 Å². The molecule has 196 valence electrons. The fourth-order valence-corrected chi connectivity index (χ4v) is 5.27. The van der Waals surface area contributed by atoms with Crippen LogP contribution >= 0.6 is 0 Å². The van der Waals surface area contributed by atoms with Crippen molar-refractivity contribution in [1.29, 1.82) is 0 Å². The fraction of sp³-hybridized carbons (Fsp3) is 0.312. The maximum absolute atomic E-state index is 14.7. The molecular formula is C32H35FN4O. The smallest absolute Gasteiger partial charge is 0.227 e. The van der Waals surface area contributed by atoms with Crippen LogP contribution < -0.4 is 5.32 Å². The first kappa shape index (κ1) is 26.0. The number of nitrogens with one attached hydrogen (secondary N) is 1. The van der Waals surface area contributed by atoms with E-state index in [1.54, 1.807) is 13.2 Å². The summed E-state index contributed by atoms with van der Waals surface area (Å²) in [6, 6.07) is 24.1. The lowest BCUT2D eigenvalue weighted by molar-refractivity contribution is 0.130. The first-order valence-corrected chi connectivity index (χ1v) is 13.3. The highest BCUT2D eigenvalue weighted by atomic mass is 19.1. The minimum absolute atomic E-state index is 0.0618. The number of ether oxygens (including phenoxy) is 1. The molecule has 1 aliphatic rings. The number of fused-ring (bicyclic) bond motifs is 3. The van der Waals surface area contributed by atoms with Crippen LogP contribution in [0.2, 0.25) is 0 Å². The van der Waals surface area contributed by atoms with Crippen LogP contribution in [0.15, 0.2) is 79.0 Å². The van der Waals surface area contributed by atoms with Crippen molar-refractivity contribution >= 4 is 11.6 Å². The summed E-state index contributed by atoms with van der Waals surface area (Å²) in [6.07, 6.45) is 3.50. The lowest BCUT2D eigenvalue weighted by Crippen LogP contribution is -2.35. The van der Waals surface area contributed by atoms with E-state index in [9.17, 15) is 4.39 Å². The maximum Gasteiger partial charge on any atom is 0.227 e. The first-order valence-electron chi connectivity index (χ1n) is 13.3. The number of aromatic nitrogens is 2.